The number of aryl methyl sites for hydroxylation is 2. The first-order valence-electron chi connectivity index (χ1n) is 9.74. The number of methoxy groups -OCH3 is 1. The van der Waals surface area contributed by atoms with Gasteiger partial charge in [0.2, 0.25) is 0 Å². The fourth-order valence-corrected chi connectivity index (χ4v) is 5.76. The zero-order valence-corrected chi connectivity index (χ0v) is 20.2. The van der Waals surface area contributed by atoms with Gasteiger partial charge in [0.15, 0.2) is 5.65 Å². The first-order valence-corrected chi connectivity index (χ1v) is 12.1. The molecule has 0 fully saturated rings. The first-order chi connectivity index (χ1) is 16.2. The number of carboxylic acids is 1. The fourth-order valence-electron chi connectivity index (χ4n) is 3.51. The second-order valence-corrected chi connectivity index (χ2v) is 9.89. The molecule has 4 rings (SSSR count). The highest BCUT2D eigenvalue weighted by Crippen LogP contribution is 2.37. The van der Waals surface area contributed by atoms with E-state index in [0.717, 1.165) is 9.18 Å². The van der Waals surface area contributed by atoms with E-state index in [1.54, 1.807) is 32.2 Å². The summed E-state index contributed by atoms with van der Waals surface area (Å²) in [6, 6.07) is 9.58. The van der Waals surface area contributed by atoms with Crippen molar-refractivity contribution >= 4 is 44.1 Å². The molecular weight excluding hydrogens is 482 g/mol. The number of benzene rings is 1. The number of carbonyl (C=O) groups is 1. The Kier molecular flexibility index (Phi) is 7.51. The smallest absolute Gasteiger partial charge is 0.339 e. The van der Waals surface area contributed by atoms with E-state index in [1.807, 2.05) is 11.4 Å². The number of aromatic nitrogens is 3. The highest BCUT2D eigenvalue weighted by atomic mass is 32.2. The van der Waals surface area contributed by atoms with Gasteiger partial charge in [-0.2, -0.15) is 5.10 Å². The van der Waals surface area contributed by atoms with Gasteiger partial charge in [0.05, 0.1) is 35.3 Å². The maximum absolute atomic E-state index is 13.8. The molecule has 0 amide bonds. The third kappa shape index (κ3) is 4.59. The molecule has 13 heteroatoms. The molecule has 4 aromatic rings. The molecule has 0 atom stereocenters. The van der Waals surface area contributed by atoms with Gasteiger partial charge in [0.1, 0.15) is 11.3 Å². The number of hydrogen-bond acceptors (Lipinski definition) is 9. The number of nitrogens with two attached hydrogens (primary N) is 1. The van der Waals surface area contributed by atoms with Crippen molar-refractivity contribution in [2.45, 2.75) is 18.4 Å². The molecule has 0 aliphatic rings. The van der Waals surface area contributed by atoms with Crippen LogP contribution < -0.4 is 14.9 Å². The normalized spacial score (nSPS) is 11.1. The van der Waals surface area contributed by atoms with Crippen LogP contribution in [0.15, 0.2) is 52.9 Å². The van der Waals surface area contributed by atoms with Crippen LogP contribution in [0.3, 0.4) is 0 Å². The van der Waals surface area contributed by atoms with Gasteiger partial charge in [0, 0.05) is 18.1 Å². The summed E-state index contributed by atoms with van der Waals surface area (Å²) in [5, 5.41) is 22.9. The van der Waals surface area contributed by atoms with Crippen LogP contribution in [-0.2, 0) is 23.6 Å². The van der Waals surface area contributed by atoms with E-state index in [0.29, 0.717) is 22.5 Å². The average Bonchev–Trinajstić information content (AvgIpc) is 3.45. The predicted molar refractivity (Wildman–Crippen MR) is 127 cm³/mol. The lowest BCUT2D eigenvalue weighted by Crippen LogP contribution is -2.32. The number of hydrogen-bond donors (Lipinski definition) is 3. The van der Waals surface area contributed by atoms with Crippen LogP contribution in [0.1, 0.15) is 20.9 Å². The lowest BCUT2D eigenvalue weighted by molar-refractivity contribution is 0.0697. The number of sulfonamides is 1. The van der Waals surface area contributed by atoms with E-state index in [4.69, 9.17) is 9.94 Å². The summed E-state index contributed by atoms with van der Waals surface area (Å²) >= 11 is 1.38. The van der Waals surface area contributed by atoms with Crippen LogP contribution in [0.5, 0.6) is 5.75 Å². The highest BCUT2D eigenvalue weighted by Gasteiger charge is 2.32. The minimum atomic E-state index is -4.15. The van der Waals surface area contributed by atoms with Crippen molar-refractivity contribution in [3.8, 4) is 5.75 Å². The van der Waals surface area contributed by atoms with Crippen molar-refractivity contribution in [3.63, 3.8) is 0 Å². The zero-order valence-electron chi connectivity index (χ0n) is 18.5. The van der Waals surface area contributed by atoms with Gasteiger partial charge in [-0.15, -0.1) is 11.3 Å². The molecule has 4 N–H and O–H groups in total. The van der Waals surface area contributed by atoms with Crippen LogP contribution in [0.4, 0.5) is 5.69 Å². The summed E-state index contributed by atoms with van der Waals surface area (Å²) < 4.78 is 35.5. The Labute approximate surface area is 199 Å². The van der Waals surface area contributed by atoms with Crippen molar-refractivity contribution in [3.05, 3.63) is 64.1 Å². The number of nitrogens with zero attached hydrogens (tertiary/aromatic N) is 4. The summed E-state index contributed by atoms with van der Waals surface area (Å²) in [7, 11) is -0.988. The predicted octanol–water partition coefficient (Wildman–Crippen LogP) is 2.77. The van der Waals surface area contributed by atoms with Crippen LogP contribution in [0.2, 0.25) is 0 Å². The molecule has 3 heterocycles. The Hall–Kier alpha value is -3.52. The molecule has 0 saturated carbocycles. The molecule has 34 heavy (non-hydrogen) atoms. The van der Waals surface area contributed by atoms with Crippen molar-refractivity contribution < 1.29 is 28.3 Å². The van der Waals surface area contributed by atoms with E-state index in [-0.39, 0.29) is 22.7 Å². The van der Waals surface area contributed by atoms with Gasteiger partial charge in [-0.05, 0) is 42.6 Å². The summed E-state index contributed by atoms with van der Waals surface area (Å²) in [6.45, 7) is 1.65. The van der Waals surface area contributed by atoms with Crippen molar-refractivity contribution in [2.24, 2.45) is 12.9 Å². The van der Waals surface area contributed by atoms with Crippen molar-refractivity contribution in [2.75, 3.05) is 11.4 Å². The number of fused-ring (bicyclic) bond motifs is 1. The first kappa shape index (κ1) is 25.1. The lowest BCUT2D eigenvalue weighted by atomic mass is 10.1. The third-order valence-electron chi connectivity index (χ3n) is 5.01. The quantitative estimate of drug-likeness (QED) is 0.321. The maximum atomic E-state index is 13.8. The maximum Gasteiger partial charge on any atom is 0.339 e. The number of thiophene rings is 1. The second-order valence-electron chi connectivity index (χ2n) is 7.00. The molecule has 3 aromatic heterocycles. The molecule has 180 valence electrons. The zero-order chi connectivity index (χ0) is 25.0. The van der Waals surface area contributed by atoms with Gasteiger partial charge in [-0.3, -0.25) is 8.99 Å². The monoisotopic (exact) mass is 505 g/mol. The summed E-state index contributed by atoms with van der Waals surface area (Å²) in [4.78, 5) is 17.1. The SMILES string of the molecule is COc1ccc(S(=O)(=O)N(Cc2cccs2)c2c(C(=O)O)cnc3c2c(C)nn3C)cc1.NO. The number of aromatic carboxylic acids is 1. The number of anilines is 1. The van der Waals surface area contributed by atoms with Gasteiger partial charge >= 0.3 is 5.97 Å². The Bertz CT molecular complexity index is 1400. The molecule has 0 radical (unpaired) electrons. The Morgan fingerprint density at radius 1 is 1.24 bits per heavy atom. The summed E-state index contributed by atoms with van der Waals surface area (Å²) in [5.74, 6) is 2.73. The molecule has 0 saturated heterocycles. The van der Waals surface area contributed by atoms with E-state index in [1.165, 1.54) is 41.5 Å². The molecule has 0 aliphatic carbocycles. The van der Waals surface area contributed by atoms with Gasteiger partial charge in [-0.1, -0.05) is 6.07 Å². The van der Waals surface area contributed by atoms with Crippen molar-refractivity contribution in [1.82, 2.24) is 14.8 Å². The fraction of sp³-hybridized carbons (Fsp3) is 0.190. The number of rotatable bonds is 7. The molecule has 0 bridgehead atoms. The minimum Gasteiger partial charge on any atom is -0.497 e. The lowest BCUT2D eigenvalue weighted by Gasteiger charge is -2.26. The largest absolute Gasteiger partial charge is 0.497 e. The van der Waals surface area contributed by atoms with Gasteiger partial charge in [0.25, 0.3) is 10.0 Å². The van der Waals surface area contributed by atoms with E-state index in [9.17, 15) is 18.3 Å². The minimum absolute atomic E-state index is 0.0118. The van der Waals surface area contributed by atoms with Gasteiger partial charge < -0.3 is 15.1 Å². The highest BCUT2D eigenvalue weighted by molar-refractivity contribution is 7.92. The third-order valence-corrected chi connectivity index (χ3v) is 7.63. The molecule has 0 spiro atoms. The standard InChI is InChI=1S/C21H20N4O5S2.H3NO/c1-13-18-19(17(21(26)27)11-22-20(18)24(2)23-13)25(12-15-5-4-10-31-15)32(28,29)16-8-6-14(30-3)7-9-16;1-2/h4-11H,12H2,1-3H3,(H,26,27);2H,1H2. The van der Waals surface area contributed by atoms with E-state index in [2.05, 4.69) is 16.0 Å². The molecule has 0 aliphatic heterocycles. The summed E-state index contributed by atoms with van der Waals surface area (Å²) in [5.41, 5.74) is 0.692. The Morgan fingerprint density at radius 3 is 2.47 bits per heavy atom. The van der Waals surface area contributed by atoms with Crippen LogP contribution >= 0.6 is 11.3 Å². The molecular formula is C21H23N5O6S2. The summed E-state index contributed by atoms with van der Waals surface area (Å²) in [6.07, 6.45) is 1.17. The number of carboxylic acid groups (broad SMARTS) is 1. The molecule has 0 unspecified atom stereocenters. The Morgan fingerprint density at radius 2 is 1.91 bits per heavy atom. The second kappa shape index (κ2) is 10.2. The topological polar surface area (TPSA) is 161 Å². The Balaban J connectivity index is 0.00000158. The number of pyridine rings is 1. The number of ether oxygens (including phenoxy) is 1. The van der Waals surface area contributed by atoms with Crippen LogP contribution in [0.25, 0.3) is 11.0 Å². The molecule has 11 nitrogen and oxygen atoms in total. The van der Waals surface area contributed by atoms with E-state index < -0.39 is 16.0 Å². The van der Waals surface area contributed by atoms with Crippen molar-refractivity contribution in [1.29, 1.82) is 0 Å². The average molecular weight is 506 g/mol. The van der Waals surface area contributed by atoms with Crippen LogP contribution in [0, 0.1) is 6.92 Å². The molecule has 1 aromatic carbocycles. The van der Waals surface area contributed by atoms with E-state index >= 15 is 0 Å². The van der Waals surface area contributed by atoms with Gasteiger partial charge in [-0.25, -0.2) is 24.1 Å². The van der Waals surface area contributed by atoms with Crippen LogP contribution in [-0.4, -0.2) is 46.6 Å².